The maximum atomic E-state index is 13.0. The van der Waals surface area contributed by atoms with E-state index in [1.807, 2.05) is 27.7 Å². The Kier molecular flexibility index (Phi) is 36.4. The first-order valence-corrected chi connectivity index (χ1v) is 24.0. The predicted octanol–water partition coefficient (Wildman–Crippen LogP) is 10.5. The van der Waals surface area contributed by atoms with E-state index in [1.165, 1.54) is 0 Å². The van der Waals surface area contributed by atoms with E-state index in [-0.39, 0.29) is 91.4 Å². The third-order valence-corrected chi connectivity index (χ3v) is 10.5. The van der Waals surface area contributed by atoms with Crippen LogP contribution < -0.4 is 0 Å². The quantitative estimate of drug-likeness (QED) is 0.0323. The van der Waals surface area contributed by atoms with Gasteiger partial charge in [0, 0.05) is 38.5 Å². The van der Waals surface area contributed by atoms with Crippen LogP contribution in [0.4, 0.5) is 0 Å². The molecule has 0 aromatic rings. The molecule has 0 unspecified atom stereocenters. The van der Waals surface area contributed by atoms with Crippen molar-refractivity contribution in [3.05, 3.63) is 0 Å². The van der Waals surface area contributed by atoms with Crippen LogP contribution in [0.15, 0.2) is 0 Å². The summed E-state index contributed by atoms with van der Waals surface area (Å²) in [5.41, 5.74) is -2.65. The Hall–Kier alpha value is -3.22. The molecule has 0 spiro atoms. The van der Waals surface area contributed by atoms with Crippen molar-refractivity contribution in [2.75, 3.05) is 52.9 Å². The molecule has 0 saturated heterocycles. The van der Waals surface area contributed by atoms with Crippen LogP contribution in [-0.4, -0.2) is 88.7 Å². The number of rotatable bonds is 42. The van der Waals surface area contributed by atoms with Gasteiger partial charge in [0.15, 0.2) is 0 Å². The van der Waals surface area contributed by atoms with Crippen molar-refractivity contribution >= 4 is 35.8 Å². The van der Waals surface area contributed by atoms with Crippen LogP contribution >= 0.6 is 0 Å². The second-order valence-corrected chi connectivity index (χ2v) is 16.9. The highest BCUT2D eigenvalue weighted by molar-refractivity contribution is 5.71. The maximum absolute atomic E-state index is 13.0. The molecule has 0 aliphatic heterocycles. The van der Waals surface area contributed by atoms with E-state index in [0.717, 1.165) is 89.9 Å². The number of esters is 6. The average molecular weight is 871 g/mol. The molecule has 0 aromatic carbocycles. The normalized spacial score (nSPS) is 11.5. The summed E-state index contributed by atoms with van der Waals surface area (Å²) in [6.45, 7) is 10.2. The van der Waals surface area contributed by atoms with Crippen LogP contribution in [0.1, 0.15) is 208 Å². The fourth-order valence-electron chi connectivity index (χ4n) is 6.29. The highest BCUT2D eigenvalue weighted by Crippen LogP contribution is 2.27. The van der Waals surface area contributed by atoms with Crippen LogP contribution in [0.2, 0.25) is 0 Å². The molecule has 0 fully saturated rings. The van der Waals surface area contributed by atoms with Gasteiger partial charge >= 0.3 is 35.8 Å². The molecule has 0 saturated carbocycles. The van der Waals surface area contributed by atoms with Gasteiger partial charge in [0.1, 0.15) is 39.6 Å². The Morgan fingerprint density at radius 1 is 0.262 bits per heavy atom. The second kappa shape index (κ2) is 38.5. The number of carbonyl (C=O) groups excluding carboxylic acids is 6. The Labute approximate surface area is 369 Å². The molecule has 61 heavy (non-hydrogen) atoms. The molecular formula is C48H86O13. The Bertz CT molecular complexity index is 1030. The number of carbonyl (C=O) groups is 6. The van der Waals surface area contributed by atoms with E-state index in [9.17, 15) is 28.8 Å². The zero-order valence-corrected chi connectivity index (χ0v) is 39.3. The molecule has 0 N–H and O–H groups in total. The summed E-state index contributed by atoms with van der Waals surface area (Å²) < 4.78 is 41.2. The molecule has 0 atom stereocenters. The van der Waals surface area contributed by atoms with Crippen LogP contribution in [0.25, 0.3) is 0 Å². The predicted molar refractivity (Wildman–Crippen MR) is 236 cm³/mol. The number of unbranched alkanes of at least 4 members (excludes halogenated alkanes) is 14. The second-order valence-electron chi connectivity index (χ2n) is 16.9. The van der Waals surface area contributed by atoms with Crippen LogP contribution in [-0.2, 0) is 61.9 Å². The monoisotopic (exact) mass is 871 g/mol. The SMILES string of the molecule is CCCCCCC(=O)OCC(COCC(COC(=O)CCCCC)(COC(=O)CCCCC)COC(=O)CCCCCC)(COC(=O)CCCCC)COC(=O)CCCCC. The first-order chi connectivity index (χ1) is 29.4. The number of ether oxygens (including phenoxy) is 7. The zero-order valence-electron chi connectivity index (χ0n) is 39.3. The van der Waals surface area contributed by atoms with Crippen LogP contribution in [0, 0.1) is 10.8 Å². The summed E-state index contributed by atoms with van der Waals surface area (Å²) in [4.78, 5) is 78.0. The van der Waals surface area contributed by atoms with Crippen molar-refractivity contribution in [2.45, 2.75) is 208 Å². The Morgan fingerprint density at radius 3 is 0.639 bits per heavy atom. The molecule has 0 aromatic heterocycles. The maximum Gasteiger partial charge on any atom is 0.305 e. The summed E-state index contributed by atoms with van der Waals surface area (Å²) in [5.74, 6) is -2.64. The summed E-state index contributed by atoms with van der Waals surface area (Å²) in [7, 11) is 0. The molecule has 0 rings (SSSR count). The van der Waals surface area contributed by atoms with E-state index in [4.69, 9.17) is 33.2 Å². The van der Waals surface area contributed by atoms with Gasteiger partial charge in [-0.1, -0.05) is 131 Å². The Balaban J connectivity index is 6.79. The molecule has 356 valence electrons. The van der Waals surface area contributed by atoms with Gasteiger partial charge in [-0.15, -0.1) is 0 Å². The molecule has 0 amide bonds. The minimum absolute atomic E-state index is 0.193. The fourth-order valence-corrected chi connectivity index (χ4v) is 6.29. The lowest BCUT2D eigenvalue weighted by atomic mass is 9.90. The molecule has 0 radical (unpaired) electrons. The van der Waals surface area contributed by atoms with Gasteiger partial charge < -0.3 is 33.2 Å². The zero-order chi connectivity index (χ0) is 45.5. The van der Waals surface area contributed by atoms with Gasteiger partial charge in [-0.2, -0.15) is 0 Å². The highest BCUT2D eigenvalue weighted by Gasteiger charge is 2.41. The first kappa shape index (κ1) is 57.8. The minimum Gasteiger partial charge on any atom is -0.465 e. The molecule has 0 aliphatic carbocycles. The smallest absolute Gasteiger partial charge is 0.305 e. The summed E-state index contributed by atoms with van der Waals surface area (Å²) in [6.07, 6.45) is 17.9. The third kappa shape index (κ3) is 32.2. The largest absolute Gasteiger partial charge is 0.465 e. The van der Waals surface area contributed by atoms with E-state index in [2.05, 4.69) is 13.8 Å². The Morgan fingerprint density at radius 2 is 0.443 bits per heavy atom. The van der Waals surface area contributed by atoms with Crippen LogP contribution in [0.3, 0.4) is 0 Å². The molecular weight excluding hydrogens is 785 g/mol. The van der Waals surface area contributed by atoms with Crippen molar-refractivity contribution in [3.8, 4) is 0 Å². The molecule has 0 heterocycles. The van der Waals surface area contributed by atoms with Gasteiger partial charge in [-0.3, -0.25) is 28.8 Å². The molecule has 13 nitrogen and oxygen atoms in total. The lowest BCUT2D eigenvalue weighted by molar-refractivity contribution is -0.175. The first-order valence-electron chi connectivity index (χ1n) is 24.0. The topological polar surface area (TPSA) is 167 Å². The van der Waals surface area contributed by atoms with Crippen LogP contribution in [0.5, 0.6) is 0 Å². The van der Waals surface area contributed by atoms with Crippen molar-refractivity contribution in [1.82, 2.24) is 0 Å². The fraction of sp³-hybridized carbons (Fsp3) is 0.875. The van der Waals surface area contributed by atoms with Gasteiger partial charge in [0.2, 0.25) is 0 Å². The summed E-state index contributed by atoms with van der Waals surface area (Å²) in [5, 5.41) is 0. The summed E-state index contributed by atoms with van der Waals surface area (Å²) >= 11 is 0. The van der Waals surface area contributed by atoms with E-state index < -0.39 is 46.6 Å². The van der Waals surface area contributed by atoms with Crippen molar-refractivity contribution in [2.24, 2.45) is 10.8 Å². The minimum atomic E-state index is -1.32. The van der Waals surface area contributed by atoms with Gasteiger partial charge in [-0.25, -0.2) is 0 Å². The van der Waals surface area contributed by atoms with Crippen molar-refractivity contribution < 1.29 is 61.9 Å². The van der Waals surface area contributed by atoms with Crippen molar-refractivity contribution in [1.29, 1.82) is 0 Å². The lowest BCUT2D eigenvalue weighted by Gasteiger charge is -2.35. The van der Waals surface area contributed by atoms with E-state index in [1.54, 1.807) is 0 Å². The third-order valence-electron chi connectivity index (χ3n) is 10.5. The molecule has 13 heteroatoms. The van der Waals surface area contributed by atoms with Gasteiger partial charge in [0.05, 0.1) is 24.0 Å². The lowest BCUT2D eigenvalue weighted by Crippen LogP contribution is -2.47. The number of hydrogen-bond donors (Lipinski definition) is 0. The molecule has 0 bridgehead atoms. The standard InChI is InChI=1S/C48H86O13/c1-7-13-19-25-31-45(53)60-39-47(35-56-41(49)27-21-15-9-3,36-57-42(50)28-22-16-10-4)33-55-34-48(37-58-43(51)29-23-17-11-5,38-59-44(52)30-24-18-12-6)40-61-46(54)32-26-20-14-8-2/h7-40H2,1-6H3. The van der Waals surface area contributed by atoms with E-state index in [0.29, 0.717) is 38.5 Å². The highest BCUT2D eigenvalue weighted by atomic mass is 16.6. The average Bonchev–Trinajstić information content (AvgIpc) is 3.25. The van der Waals surface area contributed by atoms with E-state index >= 15 is 0 Å². The van der Waals surface area contributed by atoms with Gasteiger partial charge in [0.25, 0.3) is 0 Å². The molecule has 0 aliphatic rings. The number of hydrogen-bond acceptors (Lipinski definition) is 13. The van der Waals surface area contributed by atoms with Gasteiger partial charge in [-0.05, 0) is 38.5 Å². The van der Waals surface area contributed by atoms with Crippen molar-refractivity contribution in [3.63, 3.8) is 0 Å². The summed E-state index contributed by atoms with van der Waals surface area (Å²) in [6, 6.07) is 0.